The summed E-state index contributed by atoms with van der Waals surface area (Å²) < 4.78 is 53.3. The van der Waals surface area contributed by atoms with E-state index in [0.29, 0.717) is 11.1 Å². The fourth-order valence-corrected chi connectivity index (χ4v) is 4.83. The molecule has 0 amide bonds. The molecular weight excluding hydrogens is 406 g/mol. The molecule has 11 heteroatoms. The molecule has 0 aliphatic rings. The molecule has 2 rings (SSSR count). The number of non-ortho nitro benzene ring substituents is 1. The minimum absolute atomic E-state index is 0.00338. The van der Waals surface area contributed by atoms with E-state index < -0.39 is 25.0 Å². The van der Waals surface area contributed by atoms with Crippen LogP contribution >= 0.6 is 0 Å². The summed E-state index contributed by atoms with van der Waals surface area (Å²) in [7, 11) is -7.27. The highest BCUT2D eigenvalue weighted by Gasteiger charge is 2.16. The lowest BCUT2D eigenvalue weighted by Crippen LogP contribution is -2.31. The summed E-state index contributed by atoms with van der Waals surface area (Å²) in [5.41, 5.74) is 1.02. The van der Waals surface area contributed by atoms with Crippen molar-refractivity contribution in [1.82, 2.24) is 9.44 Å². The Morgan fingerprint density at radius 2 is 1.46 bits per heavy atom. The molecule has 0 aliphatic heterocycles. The molecule has 0 fully saturated rings. The SMILES string of the molecule is CC(C)NS(=O)(=O)Cc1ccc(CNS(=O)(=O)c2ccc([N+](=O)[O-])cc2)cc1. The molecule has 0 unspecified atom stereocenters. The topological polar surface area (TPSA) is 135 Å². The quantitative estimate of drug-likeness (QED) is 0.463. The third-order valence-corrected chi connectivity index (χ3v) is 6.58. The Labute approximate surface area is 164 Å². The van der Waals surface area contributed by atoms with Gasteiger partial charge in [-0.2, -0.15) is 0 Å². The molecule has 0 atom stereocenters. The number of nitro groups is 1. The Morgan fingerprint density at radius 1 is 0.929 bits per heavy atom. The molecule has 0 radical (unpaired) electrons. The fraction of sp³-hybridized carbons (Fsp3) is 0.294. The van der Waals surface area contributed by atoms with Crippen molar-refractivity contribution in [1.29, 1.82) is 0 Å². The van der Waals surface area contributed by atoms with Crippen molar-refractivity contribution >= 4 is 25.7 Å². The number of benzene rings is 2. The molecule has 0 saturated heterocycles. The van der Waals surface area contributed by atoms with Gasteiger partial charge in [0.2, 0.25) is 20.0 Å². The number of sulfonamides is 2. The van der Waals surface area contributed by atoms with Gasteiger partial charge in [-0.05, 0) is 37.1 Å². The van der Waals surface area contributed by atoms with Crippen molar-refractivity contribution < 1.29 is 21.8 Å². The maximum atomic E-state index is 12.3. The van der Waals surface area contributed by atoms with Crippen LogP contribution in [0.25, 0.3) is 0 Å². The monoisotopic (exact) mass is 427 g/mol. The summed E-state index contributed by atoms with van der Waals surface area (Å²) in [5, 5.41) is 10.6. The summed E-state index contributed by atoms with van der Waals surface area (Å²) in [6.07, 6.45) is 0. The van der Waals surface area contributed by atoms with E-state index in [4.69, 9.17) is 0 Å². The molecule has 0 bridgehead atoms. The molecule has 2 aromatic rings. The predicted octanol–water partition coefficient (Wildman–Crippen LogP) is 1.90. The Kier molecular flexibility index (Phi) is 6.88. The standard InChI is InChI=1S/C17H21N3O6S2/c1-13(2)19-27(23,24)12-15-5-3-14(4-6-15)11-18-28(25,26)17-9-7-16(8-10-17)20(21)22/h3-10,13,18-19H,11-12H2,1-2H3. The van der Waals surface area contributed by atoms with Crippen LogP contribution in [0.5, 0.6) is 0 Å². The van der Waals surface area contributed by atoms with Crippen LogP contribution in [0.3, 0.4) is 0 Å². The van der Waals surface area contributed by atoms with Gasteiger partial charge in [0.05, 0.1) is 15.6 Å². The van der Waals surface area contributed by atoms with Crippen molar-refractivity contribution in [3.8, 4) is 0 Å². The van der Waals surface area contributed by atoms with E-state index in [1.54, 1.807) is 38.1 Å². The van der Waals surface area contributed by atoms with Crippen LogP contribution in [0.2, 0.25) is 0 Å². The molecular formula is C17H21N3O6S2. The minimum Gasteiger partial charge on any atom is -0.258 e. The number of hydrogen-bond donors (Lipinski definition) is 2. The fourth-order valence-electron chi connectivity index (χ4n) is 2.38. The van der Waals surface area contributed by atoms with Gasteiger partial charge in [-0.3, -0.25) is 10.1 Å². The van der Waals surface area contributed by atoms with Crippen LogP contribution in [0.4, 0.5) is 5.69 Å². The number of nitro benzene ring substituents is 1. The summed E-state index contributed by atoms with van der Waals surface area (Å²) in [4.78, 5) is 9.95. The Bertz CT molecular complexity index is 1030. The lowest BCUT2D eigenvalue weighted by molar-refractivity contribution is -0.384. The predicted molar refractivity (Wildman–Crippen MR) is 104 cm³/mol. The first-order valence-corrected chi connectivity index (χ1v) is 11.4. The number of hydrogen-bond acceptors (Lipinski definition) is 6. The Hall–Kier alpha value is -2.34. The van der Waals surface area contributed by atoms with Crippen LogP contribution in [0.1, 0.15) is 25.0 Å². The molecule has 152 valence electrons. The normalized spacial score (nSPS) is 12.2. The maximum Gasteiger partial charge on any atom is 0.269 e. The van der Waals surface area contributed by atoms with Crippen molar-refractivity contribution in [2.45, 2.75) is 37.1 Å². The summed E-state index contributed by atoms with van der Waals surface area (Å²) >= 11 is 0. The second-order valence-corrected chi connectivity index (χ2v) is 9.94. The highest BCUT2D eigenvalue weighted by molar-refractivity contribution is 7.89. The van der Waals surface area contributed by atoms with Crippen LogP contribution in [0.15, 0.2) is 53.4 Å². The zero-order chi connectivity index (χ0) is 20.9. The van der Waals surface area contributed by atoms with Gasteiger partial charge < -0.3 is 0 Å². The summed E-state index contributed by atoms with van der Waals surface area (Å²) in [6, 6.07) is 10.9. The molecule has 2 N–H and O–H groups in total. The smallest absolute Gasteiger partial charge is 0.258 e. The van der Waals surface area contributed by atoms with E-state index in [0.717, 1.165) is 24.3 Å². The van der Waals surface area contributed by atoms with Gasteiger partial charge in [-0.25, -0.2) is 26.3 Å². The second-order valence-electron chi connectivity index (χ2n) is 6.42. The molecule has 0 spiro atoms. The van der Waals surface area contributed by atoms with Gasteiger partial charge in [0.15, 0.2) is 0 Å². The first kappa shape index (κ1) is 22.0. The van der Waals surface area contributed by atoms with Gasteiger partial charge in [-0.15, -0.1) is 0 Å². The third kappa shape index (κ3) is 6.37. The van der Waals surface area contributed by atoms with Crippen LogP contribution in [-0.4, -0.2) is 27.8 Å². The van der Waals surface area contributed by atoms with E-state index >= 15 is 0 Å². The van der Waals surface area contributed by atoms with Crippen molar-refractivity contribution in [2.24, 2.45) is 0 Å². The number of nitrogens with one attached hydrogen (secondary N) is 2. The summed E-state index contributed by atoms with van der Waals surface area (Å²) in [5.74, 6) is -0.167. The number of rotatable bonds is 9. The van der Waals surface area contributed by atoms with Gasteiger partial charge >= 0.3 is 0 Å². The largest absolute Gasteiger partial charge is 0.269 e. The molecule has 0 heterocycles. The second kappa shape index (κ2) is 8.78. The summed E-state index contributed by atoms with van der Waals surface area (Å²) in [6.45, 7) is 3.46. The molecule has 28 heavy (non-hydrogen) atoms. The lowest BCUT2D eigenvalue weighted by atomic mass is 10.1. The first-order valence-electron chi connectivity index (χ1n) is 8.30. The highest BCUT2D eigenvalue weighted by atomic mass is 32.2. The van der Waals surface area contributed by atoms with E-state index in [2.05, 4.69) is 9.44 Å². The molecule has 2 aromatic carbocycles. The van der Waals surface area contributed by atoms with E-state index in [-0.39, 0.29) is 28.9 Å². The van der Waals surface area contributed by atoms with Crippen molar-refractivity contribution in [2.75, 3.05) is 0 Å². The van der Waals surface area contributed by atoms with Gasteiger partial charge in [0.25, 0.3) is 5.69 Å². The van der Waals surface area contributed by atoms with Crippen molar-refractivity contribution in [3.63, 3.8) is 0 Å². The molecule has 0 aliphatic carbocycles. The van der Waals surface area contributed by atoms with Gasteiger partial charge in [0, 0.05) is 24.7 Å². The van der Waals surface area contributed by atoms with Crippen LogP contribution in [0, 0.1) is 10.1 Å². The zero-order valence-electron chi connectivity index (χ0n) is 15.3. The third-order valence-electron chi connectivity index (χ3n) is 3.62. The molecule has 9 nitrogen and oxygen atoms in total. The van der Waals surface area contributed by atoms with Gasteiger partial charge in [0.1, 0.15) is 0 Å². The average molecular weight is 428 g/mol. The van der Waals surface area contributed by atoms with E-state index in [1.165, 1.54) is 0 Å². The molecule has 0 saturated carbocycles. The highest BCUT2D eigenvalue weighted by Crippen LogP contribution is 2.16. The average Bonchev–Trinajstić information content (AvgIpc) is 2.60. The lowest BCUT2D eigenvalue weighted by Gasteiger charge is -2.10. The zero-order valence-corrected chi connectivity index (χ0v) is 17.0. The number of nitrogens with zero attached hydrogens (tertiary/aromatic N) is 1. The van der Waals surface area contributed by atoms with Crippen LogP contribution < -0.4 is 9.44 Å². The Balaban J connectivity index is 2.01. The maximum absolute atomic E-state index is 12.3. The van der Waals surface area contributed by atoms with Crippen LogP contribution in [-0.2, 0) is 32.3 Å². The molecule has 0 aromatic heterocycles. The van der Waals surface area contributed by atoms with Gasteiger partial charge in [-0.1, -0.05) is 24.3 Å². The van der Waals surface area contributed by atoms with E-state index in [1.807, 2.05) is 0 Å². The van der Waals surface area contributed by atoms with E-state index in [9.17, 15) is 26.9 Å². The Morgan fingerprint density at radius 3 is 1.96 bits per heavy atom. The first-order chi connectivity index (χ1) is 13.0. The minimum atomic E-state index is -3.83. The van der Waals surface area contributed by atoms with Crippen molar-refractivity contribution in [3.05, 3.63) is 69.8 Å².